The molecule has 0 spiro atoms. The summed E-state index contributed by atoms with van der Waals surface area (Å²) >= 11 is 0. The number of rotatable bonds is 2. The lowest BCUT2D eigenvalue weighted by Gasteiger charge is -2.64. The topological polar surface area (TPSA) is 87.4 Å². The summed E-state index contributed by atoms with van der Waals surface area (Å²) in [4.78, 5) is 43.3. The molecule has 0 radical (unpaired) electrons. The van der Waals surface area contributed by atoms with Gasteiger partial charge < -0.3 is 0 Å². The van der Waals surface area contributed by atoms with E-state index in [1.807, 2.05) is 26.0 Å². The van der Waals surface area contributed by atoms with Crippen molar-refractivity contribution in [2.45, 2.75) is 99.3 Å². The number of halogens is 2. The average molecular weight is 553 g/mol. The molecule has 216 valence electrons. The molecule has 5 nitrogen and oxygen atoms in total. The molecule has 7 atom stereocenters. The quantitative estimate of drug-likeness (QED) is 0.343. The second-order valence-electron chi connectivity index (χ2n) is 15.3. The van der Waals surface area contributed by atoms with Crippen molar-refractivity contribution in [1.82, 2.24) is 0 Å². The molecule has 0 saturated heterocycles. The van der Waals surface area contributed by atoms with Gasteiger partial charge in [0.05, 0.1) is 5.57 Å². The molecule has 0 aromatic heterocycles. The maximum atomic E-state index is 14.3. The number of hydrogen-bond acceptors (Lipinski definition) is 4. The molecular weight excluding hydrogens is 510 g/mol. The van der Waals surface area contributed by atoms with E-state index in [2.05, 4.69) is 38.8 Å². The smallest absolute Gasteiger partial charge is 0.295 e. The Labute approximate surface area is 236 Å². The van der Waals surface area contributed by atoms with Crippen molar-refractivity contribution in [2.24, 2.45) is 55.7 Å². The Kier molecular flexibility index (Phi) is 6.35. The van der Waals surface area contributed by atoms with Crippen LogP contribution in [0.25, 0.3) is 0 Å². The maximum Gasteiger partial charge on any atom is 0.324 e. The molecule has 5 aliphatic rings. The van der Waals surface area contributed by atoms with Gasteiger partial charge in [0.2, 0.25) is 0 Å². The van der Waals surface area contributed by atoms with Crippen molar-refractivity contribution in [1.29, 1.82) is 5.26 Å². The molecule has 7 unspecified atom stereocenters. The molecule has 5 aliphatic carbocycles. The zero-order valence-corrected chi connectivity index (χ0v) is 24.9. The van der Waals surface area contributed by atoms with Gasteiger partial charge in [-0.1, -0.05) is 53.2 Å². The van der Waals surface area contributed by atoms with Gasteiger partial charge in [0.25, 0.3) is 0 Å². The summed E-state index contributed by atoms with van der Waals surface area (Å²) in [5, 5.41) is 9.84. The second-order valence-corrected chi connectivity index (χ2v) is 15.3. The Morgan fingerprint density at radius 3 is 2.35 bits per heavy atom. The first-order valence-electron chi connectivity index (χ1n) is 14.7. The average Bonchev–Trinajstić information content (AvgIpc) is 2.85. The standard InChI is InChI=1S/C33H42F2N2O3/c1-28(2)12-13-33(18-37-27(40)32(7,34)35)11-8-20-25(21(33)16-28)22(38)14-24-30(20,5)10-9-23-29(3,4)26(39)19(17-36)15-31(23,24)6/h14-15,18,20-21,23,25H,8-13,16H2,1-7H3. The van der Waals surface area contributed by atoms with Crippen molar-refractivity contribution in [2.75, 3.05) is 0 Å². The first-order chi connectivity index (χ1) is 18.3. The number of allylic oxidation sites excluding steroid dienone is 4. The first kappa shape index (κ1) is 29.0. The van der Waals surface area contributed by atoms with E-state index < -0.39 is 28.1 Å². The summed E-state index contributed by atoms with van der Waals surface area (Å²) in [5.41, 5.74) is -0.970. The van der Waals surface area contributed by atoms with E-state index in [-0.39, 0.29) is 51.6 Å². The number of carbonyl (C=O) groups excluding carboxylic acids is 3. The lowest BCUT2D eigenvalue weighted by molar-refractivity contribution is -0.142. The monoisotopic (exact) mass is 552 g/mol. The third kappa shape index (κ3) is 4.02. The molecule has 0 bridgehead atoms. The van der Waals surface area contributed by atoms with E-state index in [4.69, 9.17) is 0 Å². The van der Waals surface area contributed by atoms with Gasteiger partial charge in [0, 0.05) is 35.3 Å². The number of carbonyl (C=O) groups is 3. The summed E-state index contributed by atoms with van der Waals surface area (Å²) in [6.07, 6.45) is 10.6. The molecule has 0 aliphatic heterocycles. The molecule has 3 fully saturated rings. The molecule has 1 amide bonds. The van der Waals surface area contributed by atoms with E-state index in [1.54, 1.807) is 0 Å². The van der Waals surface area contributed by atoms with Crippen LogP contribution in [0.3, 0.4) is 0 Å². The second kappa shape index (κ2) is 8.76. The van der Waals surface area contributed by atoms with Crippen molar-refractivity contribution in [3.8, 4) is 6.07 Å². The predicted octanol–water partition coefficient (Wildman–Crippen LogP) is 7.07. The molecule has 3 saturated carbocycles. The van der Waals surface area contributed by atoms with Crippen molar-refractivity contribution < 1.29 is 23.2 Å². The number of amides is 1. The van der Waals surface area contributed by atoms with Gasteiger partial charge in [0.1, 0.15) is 6.07 Å². The fraction of sp³-hybridized carbons (Fsp3) is 0.727. The minimum absolute atomic E-state index is 0.0153. The minimum Gasteiger partial charge on any atom is -0.295 e. The largest absolute Gasteiger partial charge is 0.324 e. The number of Topliss-reactive ketones (excluding diaryl/α,β-unsaturated/α-hetero) is 1. The highest BCUT2D eigenvalue weighted by Gasteiger charge is 2.65. The normalized spacial score (nSPS) is 42.0. The highest BCUT2D eigenvalue weighted by atomic mass is 19.3. The highest BCUT2D eigenvalue weighted by molar-refractivity contribution is 6.04. The van der Waals surface area contributed by atoms with Gasteiger partial charge in [-0.05, 0) is 79.6 Å². The third-order valence-corrected chi connectivity index (χ3v) is 12.0. The molecular formula is C33H42F2N2O3. The van der Waals surface area contributed by atoms with Gasteiger partial charge in [-0.25, -0.2) is 4.99 Å². The number of fused-ring (bicyclic) bond motifs is 7. The lowest BCUT2D eigenvalue weighted by atomic mass is 9.38. The van der Waals surface area contributed by atoms with Crippen molar-refractivity contribution in [3.63, 3.8) is 0 Å². The molecule has 0 heterocycles. The van der Waals surface area contributed by atoms with E-state index in [0.29, 0.717) is 19.8 Å². The number of hydrogen-bond donors (Lipinski definition) is 0. The summed E-state index contributed by atoms with van der Waals surface area (Å²) in [6, 6.07) is 2.13. The van der Waals surface area contributed by atoms with Gasteiger partial charge in [-0.3, -0.25) is 14.4 Å². The van der Waals surface area contributed by atoms with Gasteiger partial charge in [-0.15, -0.1) is 0 Å². The fourth-order valence-corrected chi connectivity index (χ4v) is 9.84. The molecule has 0 N–H and O–H groups in total. The van der Waals surface area contributed by atoms with Gasteiger partial charge in [0.15, 0.2) is 11.6 Å². The van der Waals surface area contributed by atoms with Gasteiger partial charge >= 0.3 is 11.8 Å². The van der Waals surface area contributed by atoms with E-state index >= 15 is 0 Å². The van der Waals surface area contributed by atoms with Crippen LogP contribution in [0.2, 0.25) is 0 Å². The van der Waals surface area contributed by atoms with Crippen LogP contribution < -0.4 is 0 Å². The summed E-state index contributed by atoms with van der Waals surface area (Å²) in [6.45, 7) is 13.2. The van der Waals surface area contributed by atoms with Crippen molar-refractivity contribution >= 4 is 23.7 Å². The van der Waals surface area contributed by atoms with Crippen molar-refractivity contribution in [3.05, 3.63) is 23.3 Å². The van der Waals surface area contributed by atoms with Crippen LogP contribution in [0.5, 0.6) is 0 Å². The predicted molar refractivity (Wildman–Crippen MR) is 148 cm³/mol. The van der Waals surface area contributed by atoms with Crippen LogP contribution >= 0.6 is 0 Å². The Balaban J connectivity index is 1.62. The molecule has 5 rings (SSSR count). The summed E-state index contributed by atoms with van der Waals surface area (Å²) in [7, 11) is 0. The summed E-state index contributed by atoms with van der Waals surface area (Å²) in [5.74, 6) is -5.38. The molecule has 0 aromatic carbocycles. The van der Waals surface area contributed by atoms with Crippen LogP contribution in [-0.4, -0.2) is 29.6 Å². The highest BCUT2D eigenvalue weighted by Crippen LogP contribution is 2.70. The number of alkyl halides is 2. The zero-order valence-electron chi connectivity index (χ0n) is 24.9. The number of aliphatic imine (C=N–C) groups is 1. The third-order valence-electron chi connectivity index (χ3n) is 12.0. The van der Waals surface area contributed by atoms with E-state index in [9.17, 15) is 28.4 Å². The van der Waals surface area contributed by atoms with Crippen LogP contribution in [0.15, 0.2) is 28.3 Å². The van der Waals surface area contributed by atoms with Crippen LogP contribution in [0.4, 0.5) is 8.78 Å². The molecule has 0 aromatic rings. The minimum atomic E-state index is -3.53. The van der Waals surface area contributed by atoms with Gasteiger partial charge in [-0.2, -0.15) is 14.0 Å². The lowest BCUT2D eigenvalue weighted by Crippen LogP contribution is -2.61. The van der Waals surface area contributed by atoms with E-state index in [0.717, 1.165) is 37.7 Å². The Morgan fingerprint density at radius 2 is 1.73 bits per heavy atom. The van der Waals surface area contributed by atoms with Crippen LogP contribution in [0, 0.1) is 62.1 Å². The Bertz CT molecular complexity index is 1310. The number of nitrogens with zero attached hydrogens (tertiary/aromatic N) is 2. The molecule has 40 heavy (non-hydrogen) atoms. The summed E-state index contributed by atoms with van der Waals surface area (Å²) < 4.78 is 27.4. The van der Waals surface area contributed by atoms with Crippen LogP contribution in [-0.2, 0) is 14.4 Å². The maximum absolute atomic E-state index is 14.3. The number of nitriles is 1. The fourth-order valence-electron chi connectivity index (χ4n) is 9.84. The Morgan fingerprint density at radius 1 is 1.05 bits per heavy atom. The number of ketones is 2. The Hall–Kier alpha value is -2.49. The zero-order chi connectivity index (χ0) is 29.7. The molecule has 7 heteroatoms. The van der Waals surface area contributed by atoms with E-state index in [1.165, 1.54) is 6.21 Å². The van der Waals surface area contributed by atoms with Crippen LogP contribution in [0.1, 0.15) is 93.4 Å². The SMILES string of the molecule is CC1(C)CCC2(C=NC(=O)C(C)(F)F)CCC3C(C(=O)C=C4C5(C)C=C(C#N)C(=O)C(C)(C)C5CCC43C)C2C1. The first-order valence-corrected chi connectivity index (χ1v) is 14.7.